The van der Waals surface area contributed by atoms with Crippen LogP contribution >= 0.6 is 11.3 Å². The Morgan fingerprint density at radius 2 is 1.84 bits per heavy atom. The van der Waals surface area contributed by atoms with Crippen molar-refractivity contribution in [2.45, 2.75) is 25.6 Å². The monoisotopic (exact) mass is 285 g/mol. The lowest BCUT2D eigenvalue weighted by Crippen LogP contribution is -2.09. The van der Waals surface area contributed by atoms with Crippen LogP contribution in [0.4, 0.5) is 18.9 Å². The lowest BCUT2D eigenvalue weighted by Gasteiger charge is -2.17. The Morgan fingerprint density at radius 3 is 2.32 bits per heavy atom. The van der Waals surface area contributed by atoms with Gasteiger partial charge < -0.3 is 5.32 Å². The summed E-state index contributed by atoms with van der Waals surface area (Å²) in [5.41, 5.74) is 0.0791. The van der Waals surface area contributed by atoms with Crippen molar-refractivity contribution >= 4 is 17.0 Å². The molecule has 1 heterocycles. The van der Waals surface area contributed by atoms with E-state index in [2.05, 4.69) is 5.32 Å². The molecular formula is C14H14F3NS. The van der Waals surface area contributed by atoms with E-state index in [9.17, 15) is 13.2 Å². The fourth-order valence-corrected chi connectivity index (χ4v) is 2.68. The summed E-state index contributed by atoms with van der Waals surface area (Å²) in [7, 11) is 0. The van der Waals surface area contributed by atoms with Crippen molar-refractivity contribution in [1.29, 1.82) is 0 Å². The number of alkyl halides is 3. The summed E-state index contributed by atoms with van der Waals surface area (Å²) in [6.07, 6.45) is -3.40. The van der Waals surface area contributed by atoms with Crippen LogP contribution in [0, 0.1) is 0 Å². The molecule has 0 amide bonds. The topological polar surface area (TPSA) is 12.0 Å². The zero-order valence-corrected chi connectivity index (χ0v) is 11.2. The van der Waals surface area contributed by atoms with Gasteiger partial charge in [-0.15, -0.1) is 11.3 Å². The molecule has 1 N–H and O–H groups in total. The smallest absolute Gasteiger partial charge is 0.377 e. The standard InChI is InChI=1S/C14H14F3NS/c1-2-12(13-4-3-9-19-13)18-11-7-5-10(6-8-11)14(15,16)17/h3-9,12,18H,2H2,1H3. The first kappa shape index (κ1) is 13.9. The van der Waals surface area contributed by atoms with Crippen LogP contribution in [0.3, 0.4) is 0 Å². The van der Waals surface area contributed by atoms with E-state index < -0.39 is 11.7 Å². The summed E-state index contributed by atoms with van der Waals surface area (Å²) in [4.78, 5) is 1.18. The van der Waals surface area contributed by atoms with Crippen LogP contribution in [0.2, 0.25) is 0 Å². The first-order valence-corrected chi connectivity index (χ1v) is 6.86. The van der Waals surface area contributed by atoms with Crippen molar-refractivity contribution in [3.05, 3.63) is 52.2 Å². The van der Waals surface area contributed by atoms with E-state index in [1.165, 1.54) is 17.0 Å². The van der Waals surface area contributed by atoms with Gasteiger partial charge in [-0.2, -0.15) is 13.2 Å². The molecule has 1 atom stereocenters. The molecule has 0 saturated carbocycles. The molecule has 0 bridgehead atoms. The van der Waals surface area contributed by atoms with Crippen LogP contribution in [0.1, 0.15) is 29.8 Å². The molecule has 1 nitrogen and oxygen atoms in total. The Morgan fingerprint density at radius 1 is 1.16 bits per heavy atom. The largest absolute Gasteiger partial charge is 0.416 e. The second-order valence-electron chi connectivity index (χ2n) is 4.20. The maximum atomic E-state index is 12.5. The zero-order valence-electron chi connectivity index (χ0n) is 10.4. The molecule has 1 unspecified atom stereocenters. The van der Waals surface area contributed by atoms with Gasteiger partial charge in [0.2, 0.25) is 0 Å². The number of thiophene rings is 1. The predicted molar refractivity (Wildman–Crippen MR) is 72.4 cm³/mol. The number of halogens is 3. The van der Waals surface area contributed by atoms with Crippen molar-refractivity contribution in [2.24, 2.45) is 0 Å². The molecule has 0 saturated heterocycles. The van der Waals surface area contributed by atoms with Crippen molar-refractivity contribution in [3.8, 4) is 0 Å². The van der Waals surface area contributed by atoms with Gasteiger partial charge in [0.1, 0.15) is 0 Å². The average molecular weight is 285 g/mol. The minimum absolute atomic E-state index is 0.136. The normalized spacial score (nSPS) is 13.3. The minimum atomic E-state index is -4.28. The second kappa shape index (κ2) is 5.65. The summed E-state index contributed by atoms with van der Waals surface area (Å²) >= 11 is 1.64. The fourth-order valence-electron chi connectivity index (χ4n) is 1.82. The van der Waals surface area contributed by atoms with Crippen LogP contribution in [-0.4, -0.2) is 0 Å². The van der Waals surface area contributed by atoms with Crippen molar-refractivity contribution in [2.75, 3.05) is 5.32 Å². The molecule has 5 heteroatoms. The number of hydrogen-bond donors (Lipinski definition) is 1. The Hall–Kier alpha value is -1.49. The first-order chi connectivity index (χ1) is 9.00. The van der Waals surface area contributed by atoms with Crippen molar-refractivity contribution < 1.29 is 13.2 Å². The van der Waals surface area contributed by atoms with Gasteiger partial charge in [-0.25, -0.2) is 0 Å². The van der Waals surface area contributed by atoms with Gasteiger partial charge in [-0.1, -0.05) is 13.0 Å². The number of benzene rings is 1. The SMILES string of the molecule is CCC(Nc1ccc(C(F)(F)F)cc1)c1cccs1. The number of nitrogens with one attached hydrogen (secondary N) is 1. The maximum Gasteiger partial charge on any atom is 0.416 e. The Labute approximate surface area is 114 Å². The van der Waals surface area contributed by atoms with Gasteiger partial charge in [-0.3, -0.25) is 0 Å². The maximum absolute atomic E-state index is 12.5. The third-order valence-electron chi connectivity index (χ3n) is 2.85. The van der Waals surface area contributed by atoms with Crippen molar-refractivity contribution in [1.82, 2.24) is 0 Å². The van der Waals surface area contributed by atoms with Crippen LogP contribution in [-0.2, 0) is 6.18 Å². The van der Waals surface area contributed by atoms with Crippen LogP contribution in [0.15, 0.2) is 41.8 Å². The van der Waals surface area contributed by atoms with Gasteiger partial charge in [0.05, 0.1) is 11.6 Å². The third kappa shape index (κ3) is 3.50. The second-order valence-corrected chi connectivity index (χ2v) is 5.17. The van der Waals surface area contributed by atoms with E-state index in [1.54, 1.807) is 11.3 Å². The van der Waals surface area contributed by atoms with Gasteiger partial charge in [0.25, 0.3) is 0 Å². The fraction of sp³-hybridized carbons (Fsp3) is 0.286. The van der Waals surface area contributed by atoms with Gasteiger partial charge in [-0.05, 0) is 42.1 Å². The number of anilines is 1. The molecule has 102 valence electrons. The lowest BCUT2D eigenvalue weighted by molar-refractivity contribution is -0.137. The number of rotatable bonds is 4. The van der Waals surface area contributed by atoms with E-state index in [4.69, 9.17) is 0 Å². The molecule has 0 fully saturated rings. The summed E-state index contributed by atoms with van der Waals surface area (Å²) < 4.78 is 37.4. The van der Waals surface area contributed by atoms with Gasteiger partial charge in [0, 0.05) is 10.6 Å². The highest BCUT2D eigenvalue weighted by Crippen LogP contribution is 2.31. The van der Waals surface area contributed by atoms with Crippen molar-refractivity contribution in [3.63, 3.8) is 0 Å². The molecule has 2 aromatic rings. The van der Waals surface area contributed by atoms with E-state index >= 15 is 0 Å². The quantitative estimate of drug-likeness (QED) is 0.800. The highest BCUT2D eigenvalue weighted by molar-refractivity contribution is 7.10. The summed E-state index contributed by atoms with van der Waals surface area (Å²) in [6, 6.07) is 9.27. The Balaban J connectivity index is 2.11. The average Bonchev–Trinajstić information content (AvgIpc) is 2.89. The van der Waals surface area contributed by atoms with Crippen LogP contribution < -0.4 is 5.32 Å². The molecule has 0 aliphatic carbocycles. The summed E-state index contributed by atoms with van der Waals surface area (Å²) in [5, 5.41) is 5.25. The highest BCUT2D eigenvalue weighted by atomic mass is 32.1. The molecule has 19 heavy (non-hydrogen) atoms. The van der Waals surface area contributed by atoms with Gasteiger partial charge in [0.15, 0.2) is 0 Å². The van der Waals surface area contributed by atoms with Crippen LogP contribution in [0.25, 0.3) is 0 Å². The summed E-state index contributed by atoms with van der Waals surface area (Å²) in [6.45, 7) is 2.04. The Kier molecular flexibility index (Phi) is 4.14. The zero-order chi connectivity index (χ0) is 13.9. The third-order valence-corrected chi connectivity index (χ3v) is 3.83. The Bertz CT molecular complexity index is 502. The van der Waals surface area contributed by atoms with E-state index in [1.807, 2.05) is 24.4 Å². The van der Waals surface area contributed by atoms with E-state index in [0.29, 0.717) is 5.69 Å². The van der Waals surface area contributed by atoms with E-state index in [-0.39, 0.29) is 6.04 Å². The molecule has 0 spiro atoms. The first-order valence-electron chi connectivity index (χ1n) is 5.98. The molecule has 0 aliphatic rings. The molecule has 1 aromatic carbocycles. The van der Waals surface area contributed by atoms with Crippen LogP contribution in [0.5, 0.6) is 0 Å². The van der Waals surface area contributed by atoms with Gasteiger partial charge >= 0.3 is 6.18 Å². The minimum Gasteiger partial charge on any atom is -0.377 e. The molecule has 0 radical (unpaired) electrons. The predicted octanol–water partition coefficient (Wildman–Crippen LogP) is 5.33. The highest BCUT2D eigenvalue weighted by Gasteiger charge is 2.29. The summed E-state index contributed by atoms with van der Waals surface area (Å²) in [5.74, 6) is 0. The lowest BCUT2D eigenvalue weighted by atomic mass is 10.1. The number of hydrogen-bond acceptors (Lipinski definition) is 2. The molecule has 2 rings (SSSR count). The van der Waals surface area contributed by atoms with E-state index in [0.717, 1.165) is 18.6 Å². The molecule has 0 aliphatic heterocycles. The molecular weight excluding hydrogens is 271 g/mol. The molecule has 1 aromatic heterocycles.